The summed E-state index contributed by atoms with van der Waals surface area (Å²) in [6.45, 7) is 8.36. The lowest BCUT2D eigenvalue weighted by Crippen LogP contribution is -2.41. The van der Waals surface area contributed by atoms with E-state index in [0.29, 0.717) is 0 Å². The molecule has 1 aliphatic heterocycles. The maximum atomic E-state index is 5.98. The fourth-order valence-electron chi connectivity index (χ4n) is 2.06. The van der Waals surface area contributed by atoms with Crippen LogP contribution in [0.25, 0.3) is 0 Å². The Morgan fingerprint density at radius 1 is 1.11 bits per heavy atom. The second-order valence-electron chi connectivity index (χ2n) is 5.85. The summed E-state index contributed by atoms with van der Waals surface area (Å²) in [5.74, 6) is 0. The summed E-state index contributed by atoms with van der Waals surface area (Å²) >= 11 is 3.49. The molecule has 0 radical (unpaired) electrons. The zero-order valence-electron chi connectivity index (χ0n) is 11.5. The summed E-state index contributed by atoms with van der Waals surface area (Å²) in [5, 5.41) is 0. The third-order valence-electron chi connectivity index (χ3n) is 3.86. The fourth-order valence-corrected chi connectivity index (χ4v) is 2.51. The highest BCUT2D eigenvalue weighted by atomic mass is 79.9. The fraction of sp³-hybridized carbons (Fsp3) is 0.571. The number of rotatable bonds is 3. The minimum absolute atomic E-state index is 0.103. The van der Waals surface area contributed by atoms with Gasteiger partial charge >= 0.3 is 7.12 Å². The Morgan fingerprint density at radius 3 is 2.28 bits per heavy atom. The van der Waals surface area contributed by atoms with Gasteiger partial charge in [0.1, 0.15) is 0 Å². The molecule has 2 rings (SSSR count). The molecule has 1 aliphatic rings. The van der Waals surface area contributed by atoms with Crippen molar-refractivity contribution in [3.63, 3.8) is 0 Å². The van der Waals surface area contributed by atoms with Crippen LogP contribution in [0.2, 0.25) is 6.32 Å². The maximum Gasteiger partial charge on any atom is 0.458 e. The lowest BCUT2D eigenvalue weighted by molar-refractivity contribution is 0.00578. The summed E-state index contributed by atoms with van der Waals surface area (Å²) in [6.07, 6.45) is 1.86. The first-order valence-corrected chi connectivity index (χ1v) is 7.19. The van der Waals surface area contributed by atoms with Crippen molar-refractivity contribution in [2.75, 3.05) is 0 Å². The average molecular weight is 311 g/mol. The van der Waals surface area contributed by atoms with Gasteiger partial charge in [0.2, 0.25) is 0 Å². The summed E-state index contributed by atoms with van der Waals surface area (Å²) in [4.78, 5) is 0. The predicted molar refractivity (Wildman–Crippen MR) is 78.7 cm³/mol. The Balaban J connectivity index is 1.93. The monoisotopic (exact) mass is 310 g/mol. The van der Waals surface area contributed by atoms with Crippen molar-refractivity contribution < 1.29 is 9.31 Å². The Kier molecular flexibility index (Phi) is 3.91. The predicted octanol–water partition coefficient (Wildman–Crippen LogP) is 4.08. The van der Waals surface area contributed by atoms with Crippen LogP contribution in [0.5, 0.6) is 0 Å². The molecule has 1 fully saturated rings. The lowest BCUT2D eigenvalue weighted by atomic mass is 9.81. The van der Waals surface area contributed by atoms with Crippen LogP contribution in [0, 0.1) is 0 Å². The third kappa shape index (κ3) is 2.98. The van der Waals surface area contributed by atoms with E-state index in [1.165, 1.54) is 5.56 Å². The van der Waals surface area contributed by atoms with Crippen molar-refractivity contribution in [3.05, 3.63) is 34.3 Å². The van der Waals surface area contributed by atoms with Crippen LogP contribution >= 0.6 is 15.9 Å². The van der Waals surface area contributed by atoms with Gasteiger partial charge in [0.25, 0.3) is 0 Å². The molecule has 1 aromatic rings. The lowest BCUT2D eigenvalue weighted by Gasteiger charge is -2.32. The van der Waals surface area contributed by atoms with Crippen molar-refractivity contribution in [1.29, 1.82) is 0 Å². The molecule has 0 N–H and O–H groups in total. The van der Waals surface area contributed by atoms with Gasteiger partial charge in [0, 0.05) is 4.47 Å². The largest absolute Gasteiger partial charge is 0.458 e. The van der Waals surface area contributed by atoms with E-state index in [0.717, 1.165) is 17.2 Å². The molecule has 0 aromatic heterocycles. The Labute approximate surface area is 118 Å². The van der Waals surface area contributed by atoms with Crippen molar-refractivity contribution in [2.24, 2.45) is 0 Å². The molecule has 0 bridgehead atoms. The number of aryl methyl sites for hydroxylation is 1. The van der Waals surface area contributed by atoms with E-state index >= 15 is 0 Å². The molecule has 2 nitrogen and oxygen atoms in total. The normalized spacial score (nSPS) is 21.3. The van der Waals surface area contributed by atoms with E-state index in [9.17, 15) is 0 Å². The SMILES string of the molecule is CC1(C)OB(CCc2cccc(Br)c2)OC1(C)C. The van der Waals surface area contributed by atoms with Gasteiger partial charge in [0.15, 0.2) is 0 Å². The van der Waals surface area contributed by atoms with Crippen molar-refractivity contribution in [1.82, 2.24) is 0 Å². The van der Waals surface area contributed by atoms with Gasteiger partial charge in [-0.15, -0.1) is 0 Å². The summed E-state index contributed by atoms with van der Waals surface area (Å²) in [7, 11) is -0.103. The number of benzene rings is 1. The van der Waals surface area contributed by atoms with Gasteiger partial charge in [0.05, 0.1) is 11.2 Å². The van der Waals surface area contributed by atoms with Gasteiger partial charge in [-0.05, 0) is 58.1 Å². The highest BCUT2D eigenvalue weighted by Crippen LogP contribution is 2.37. The topological polar surface area (TPSA) is 18.5 Å². The van der Waals surface area contributed by atoms with Crippen LogP contribution in [0.1, 0.15) is 33.3 Å². The molecule has 1 aromatic carbocycles. The first-order chi connectivity index (χ1) is 8.30. The summed E-state index contributed by atoms with van der Waals surface area (Å²) in [6, 6.07) is 8.38. The average Bonchev–Trinajstić information content (AvgIpc) is 2.45. The first-order valence-electron chi connectivity index (χ1n) is 6.40. The molecule has 0 amide bonds. The van der Waals surface area contributed by atoms with E-state index in [4.69, 9.17) is 9.31 Å². The molecule has 1 heterocycles. The van der Waals surface area contributed by atoms with Crippen molar-refractivity contribution >= 4 is 23.0 Å². The molecule has 0 saturated carbocycles. The standard InChI is InChI=1S/C14H20BBrO2/c1-13(2)14(3,4)18-15(17-13)9-8-11-6-5-7-12(16)10-11/h5-7,10H,8-9H2,1-4H3. The molecule has 0 spiro atoms. The molecule has 1 saturated heterocycles. The smallest absolute Gasteiger partial charge is 0.403 e. The van der Waals surface area contributed by atoms with Gasteiger partial charge in [-0.3, -0.25) is 0 Å². The maximum absolute atomic E-state index is 5.98. The molecule has 98 valence electrons. The van der Waals surface area contributed by atoms with E-state index in [1.54, 1.807) is 0 Å². The zero-order valence-corrected chi connectivity index (χ0v) is 13.1. The van der Waals surface area contributed by atoms with Crippen LogP contribution in [0.15, 0.2) is 28.7 Å². The van der Waals surface area contributed by atoms with Crippen LogP contribution in [-0.4, -0.2) is 18.3 Å². The van der Waals surface area contributed by atoms with E-state index in [1.807, 2.05) is 6.07 Å². The third-order valence-corrected chi connectivity index (χ3v) is 4.35. The zero-order chi connectivity index (χ0) is 13.4. The van der Waals surface area contributed by atoms with Gasteiger partial charge < -0.3 is 9.31 Å². The minimum Gasteiger partial charge on any atom is -0.403 e. The Hall–Kier alpha value is -0.315. The second kappa shape index (κ2) is 4.99. The minimum atomic E-state index is -0.227. The van der Waals surface area contributed by atoms with E-state index in [-0.39, 0.29) is 18.3 Å². The molecule has 4 heteroatoms. The number of hydrogen-bond acceptors (Lipinski definition) is 2. The molecular weight excluding hydrogens is 291 g/mol. The van der Waals surface area contributed by atoms with Gasteiger partial charge in [-0.1, -0.05) is 28.1 Å². The van der Waals surface area contributed by atoms with Crippen LogP contribution in [0.4, 0.5) is 0 Å². The highest BCUT2D eigenvalue weighted by Gasteiger charge is 2.50. The van der Waals surface area contributed by atoms with Gasteiger partial charge in [-0.2, -0.15) is 0 Å². The van der Waals surface area contributed by atoms with Crippen LogP contribution in [-0.2, 0) is 15.7 Å². The van der Waals surface area contributed by atoms with E-state index in [2.05, 4.69) is 61.8 Å². The van der Waals surface area contributed by atoms with Crippen LogP contribution < -0.4 is 0 Å². The van der Waals surface area contributed by atoms with Crippen LogP contribution in [0.3, 0.4) is 0 Å². The molecule has 18 heavy (non-hydrogen) atoms. The highest BCUT2D eigenvalue weighted by molar-refractivity contribution is 9.10. The first kappa shape index (κ1) is 14.1. The Morgan fingerprint density at radius 2 is 1.72 bits per heavy atom. The molecule has 0 aliphatic carbocycles. The Bertz CT molecular complexity index is 416. The quantitative estimate of drug-likeness (QED) is 0.783. The molecule has 0 unspecified atom stereocenters. The van der Waals surface area contributed by atoms with Crippen molar-refractivity contribution in [3.8, 4) is 0 Å². The van der Waals surface area contributed by atoms with Crippen molar-refractivity contribution in [2.45, 2.75) is 51.6 Å². The summed E-state index contributed by atoms with van der Waals surface area (Å²) < 4.78 is 13.1. The number of halogens is 1. The van der Waals surface area contributed by atoms with Gasteiger partial charge in [-0.25, -0.2) is 0 Å². The second-order valence-corrected chi connectivity index (χ2v) is 6.77. The van der Waals surface area contributed by atoms with E-state index < -0.39 is 0 Å². The number of hydrogen-bond donors (Lipinski definition) is 0. The summed E-state index contributed by atoms with van der Waals surface area (Å²) in [5.41, 5.74) is 0.850. The molecule has 0 atom stereocenters. The molecular formula is C14H20BBrO2.